The quantitative estimate of drug-likeness (QED) is 0.749. The van der Waals surface area contributed by atoms with E-state index in [1.165, 1.54) is 11.8 Å². The molecule has 0 fully saturated rings. The van der Waals surface area contributed by atoms with E-state index in [0.717, 1.165) is 11.1 Å². The lowest BCUT2D eigenvalue weighted by molar-refractivity contribution is 0.489. The van der Waals surface area contributed by atoms with Crippen LogP contribution in [0.1, 0.15) is 0 Å². The molecule has 0 radical (unpaired) electrons. The van der Waals surface area contributed by atoms with Crippen molar-refractivity contribution in [2.24, 2.45) is 0 Å². The van der Waals surface area contributed by atoms with Crippen molar-refractivity contribution in [3.05, 3.63) is 42.6 Å². The summed E-state index contributed by atoms with van der Waals surface area (Å²) in [5, 5.41) is 1.26. The van der Waals surface area contributed by atoms with Crippen LogP contribution in [0.4, 0.5) is 5.69 Å². The molecule has 0 saturated carbocycles. The molecule has 0 aliphatic heterocycles. The Hall–Kier alpha value is -2.01. The fourth-order valence-electron chi connectivity index (χ4n) is 1.47. The number of para-hydroxylation sites is 2. The second kappa shape index (κ2) is 4.10. The summed E-state index contributed by atoms with van der Waals surface area (Å²) in [4.78, 5) is 8.53. The molecule has 0 aliphatic carbocycles. The molecular weight excluding hydrogens is 234 g/mol. The zero-order valence-corrected chi connectivity index (χ0v) is 9.65. The second-order valence-corrected chi connectivity index (χ2v) is 4.39. The molecule has 2 aromatic heterocycles. The molecule has 0 bridgehead atoms. The van der Waals surface area contributed by atoms with Gasteiger partial charge in [-0.2, -0.15) is 0 Å². The first-order valence-corrected chi connectivity index (χ1v) is 5.88. The number of aromatic nitrogens is 2. The minimum atomic E-state index is 0.552. The Balaban J connectivity index is 1.98. The van der Waals surface area contributed by atoms with Crippen LogP contribution in [-0.4, -0.2) is 9.97 Å². The molecule has 0 amide bonds. The lowest BCUT2D eigenvalue weighted by Gasteiger charge is -1.98. The highest BCUT2D eigenvalue weighted by Crippen LogP contribution is 2.31. The Morgan fingerprint density at radius 3 is 2.82 bits per heavy atom. The molecule has 3 aromatic rings. The summed E-state index contributed by atoms with van der Waals surface area (Å²) < 4.78 is 5.58. The van der Waals surface area contributed by atoms with Gasteiger partial charge in [0.15, 0.2) is 5.58 Å². The van der Waals surface area contributed by atoms with Gasteiger partial charge in [0.1, 0.15) is 10.5 Å². The molecule has 2 N–H and O–H groups in total. The Kier molecular flexibility index (Phi) is 2.45. The highest BCUT2D eigenvalue weighted by atomic mass is 32.2. The molecule has 84 valence electrons. The average Bonchev–Trinajstić information content (AvgIpc) is 2.74. The maximum atomic E-state index is 5.81. The summed E-state index contributed by atoms with van der Waals surface area (Å²) in [5.74, 6) is 0. The third-order valence-corrected chi connectivity index (χ3v) is 3.14. The van der Waals surface area contributed by atoms with Gasteiger partial charge >= 0.3 is 0 Å². The van der Waals surface area contributed by atoms with Crippen LogP contribution in [0.5, 0.6) is 0 Å². The molecule has 17 heavy (non-hydrogen) atoms. The highest BCUT2D eigenvalue weighted by molar-refractivity contribution is 7.99. The standard InChI is InChI=1S/C12H9N3OS/c13-8-4-3-7-14-11(8)17-12-15-9-5-1-2-6-10(9)16-12/h1-7H,13H2. The first-order valence-electron chi connectivity index (χ1n) is 5.07. The van der Waals surface area contributed by atoms with Crippen molar-refractivity contribution >= 4 is 28.5 Å². The van der Waals surface area contributed by atoms with Gasteiger partial charge in [0.05, 0.1) is 5.69 Å². The summed E-state index contributed by atoms with van der Waals surface area (Å²) in [6.45, 7) is 0. The van der Waals surface area contributed by atoms with Crippen LogP contribution >= 0.6 is 11.8 Å². The summed E-state index contributed by atoms with van der Waals surface area (Å²) >= 11 is 1.33. The van der Waals surface area contributed by atoms with E-state index >= 15 is 0 Å². The van der Waals surface area contributed by atoms with Crippen molar-refractivity contribution in [3.8, 4) is 0 Å². The number of anilines is 1. The number of nitrogen functional groups attached to an aromatic ring is 1. The Morgan fingerprint density at radius 1 is 1.12 bits per heavy atom. The number of nitrogens with two attached hydrogens (primary N) is 1. The fourth-order valence-corrected chi connectivity index (χ4v) is 2.21. The van der Waals surface area contributed by atoms with Crippen molar-refractivity contribution in [1.29, 1.82) is 0 Å². The SMILES string of the molecule is Nc1cccnc1Sc1nc2ccccc2o1. The van der Waals surface area contributed by atoms with Crippen LogP contribution in [0.25, 0.3) is 11.1 Å². The molecule has 2 heterocycles. The molecule has 0 spiro atoms. The van der Waals surface area contributed by atoms with Gasteiger partial charge in [0.25, 0.3) is 5.22 Å². The molecule has 0 aliphatic rings. The number of hydrogen-bond acceptors (Lipinski definition) is 5. The van der Waals surface area contributed by atoms with Gasteiger partial charge in [-0.1, -0.05) is 12.1 Å². The molecule has 5 heteroatoms. The van der Waals surface area contributed by atoms with Crippen molar-refractivity contribution < 1.29 is 4.42 Å². The molecule has 0 atom stereocenters. The topological polar surface area (TPSA) is 64.9 Å². The van der Waals surface area contributed by atoms with Crippen LogP contribution < -0.4 is 5.73 Å². The molecule has 3 rings (SSSR count). The van der Waals surface area contributed by atoms with E-state index in [9.17, 15) is 0 Å². The molecule has 4 nitrogen and oxygen atoms in total. The summed E-state index contributed by atoms with van der Waals surface area (Å²) in [6.07, 6.45) is 1.70. The monoisotopic (exact) mass is 243 g/mol. The number of nitrogens with zero attached hydrogens (tertiary/aromatic N) is 2. The molecule has 1 aromatic carbocycles. The van der Waals surface area contributed by atoms with E-state index in [1.54, 1.807) is 18.3 Å². The average molecular weight is 243 g/mol. The number of oxazole rings is 1. The summed E-state index contributed by atoms with van der Waals surface area (Å²) in [5.41, 5.74) is 8.04. The predicted octanol–water partition coefficient (Wildman–Crippen LogP) is 2.96. The number of fused-ring (bicyclic) bond motifs is 1. The van der Waals surface area contributed by atoms with E-state index < -0.39 is 0 Å². The van der Waals surface area contributed by atoms with Crippen LogP contribution in [-0.2, 0) is 0 Å². The van der Waals surface area contributed by atoms with Gasteiger partial charge in [-0.3, -0.25) is 0 Å². The maximum absolute atomic E-state index is 5.81. The number of benzene rings is 1. The van der Waals surface area contributed by atoms with Crippen LogP contribution in [0, 0.1) is 0 Å². The Bertz CT molecular complexity index is 632. The van der Waals surface area contributed by atoms with Crippen LogP contribution in [0.3, 0.4) is 0 Å². The minimum absolute atomic E-state index is 0.552. The van der Waals surface area contributed by atoms with Crippen molar-refractivity contribution in [1.82, 2.24) is 9.97 Å². The number of rotatable bonds is 2. The lowest BCUT2D eigenvalue weighted by Crippen LogP contribution is -1.90. The van der Waals surface area contributed by atoms with E-state index in [1.807, 2.05) is 24.3 Å². The zero-order chi connectivity index (χ0) is 11.7. The first-order chi connectivity index (χ1) is 8.33. The largest absolute Gasteiger partial charge is 0.431 e. The number of hydrogen-bond donors (Lipinski definition) is 1. The highest BCUT2D eigenvalue weighted by Gasteiger charge is 2.09. The summed E-state index contributed by atoms with van der Waals surface area (Å²) in [7, 11) is 0. The van der Waals surface area contributed by atoms with E-state index in [2.05, 4.69) is 9.97 Å². The lowest BCUT2D eigenvalue weighted by atomic mass is 10.3. The maximum Gasteiger partial charge on any atom is 0.263 e. The van der Waals surface area contributed by atoms with Crippen LogP contribution in [0.15, 0.2) is 57.3 Å². The Morgan fingerprint density at radius 2 is 2.00 bits per heavy atom. The van der Waals surface area contributed by atoms with Crippen LogP contribution in [0.2, 0.25) is 0 Å². The molecule has 0 unspecified atom stereocenters. The van der Waals surface area contributed by atoms with E-state index in [0.29, 0.717) is 15.9 Å². The van der Waals surface area contributed by atoms with Gasteiger partial charge in [0, 0.05) is 6.20 Å². The van der Waals surface area contributed by atoms with Gasteiger partial charge < -0.3 is 10.2 Å². The smallest absolute Gasteiger partial charge is 0.263 e. The van der Waals surface area contributed by atoms with Crippen molar-refractivity contribution in [2.75, 3.05) is 5.73 Å². The first kappa shape index (κ1) is 10.2. The van der Waals surface area contributed by atoms with Gasteiger partial charge in [-0.15, -0.1) is 0 Å². The molecule has 0 saturated heterocycles. The van der Waals surface area contributed by atoms with Gasteiger partial charge in [-0.25, -0.2) is 9.97 Å². The van der Waals surface area contributed by atoms with Gasteiger partial charge in [0.2, 0.25) is 0 Å². The van der Waals surface area contributed by atoms with Crippen molar-refractivity contribution in [2.45, 2.75) is 10.2 Å². The second-order valence-electron chi connectivity index (χ2n) is 3.45. The Labute approximate surface area is 102 Å². The molecular formula is C12H9N3OS. The number of pyridine rings is 1. The van der Waals surface area contributed by atoms with E-state index in [-0.39, 0.29) is 0 Å². The minimum Gasteiger partial charge on any atom is -0.431 e. The van der Waals surface area contributed by atoms with E-state index in [4.69, 9.17) is 10.2 Å². The predicted molar refractivity (Wildman–Crippen MR) is 66.8 cm³/mol. The zero-order valence-electron chi connectivity index (χ0n) is 8.83. The summed E-state index contributed by atoms with van der Waals surface area (Å²) in [6, 6.07) is 11.2. The third-order valence-electron chi connectivity index (χ3n) is 2.26. The third kappa shape index (κ3) is 1.97. The fraction of sp³-hybridized carbons (Fsp3) is 0. The van der Waals surface area contributed by atoms with Crippen molar-refractivity contribution in [3.63, 3.8) is 0 Å². The normalized spacial score (nSPS) is 10.8. The van der Waals surface area contributed by atoms with Gasteiger partial charge in [-0.05, 0) is 36.0 Å².